The molecule has 0 heterocycles. The second kappa shape index (κ2) is 65.4. The first-order chi connectivity index (χ1) is 37.0. The van der Waals surface area contributed by atoms with E-state index in [-0.39, 0.29) is 18.5 Å². The maximum Gasteiger partial charge on any atom is 0.305 e. The lowest BCUT2D eigenvalue weighted by Crippen LogP contribution is -2.45. The highest BCUT2D eigenvalue weighted by atomic mass is 16.5. The van der Waals surface area contributed by atoms with Crippen molar-refractivity contribution in [1.82, 2.24) is 5.32 Å². The minimum absolute atomic E-state index is 0.0165. The Labute approximate surface area is 470 Å². The normalized spacial score (nSPS) is 12.4. The van der Waals surface area contributed by atoms with Crippen LogP contribution in [-0.4, -0.2) is 47.4 Å². The molecule has 2 atom stereocenters. The number of carbonyl (C=O) groups excluding carboxylic acids is 2. The van der Waals surface area contributed by atoms with Gasteiger partial charge in [-0.15, -0.1) is 0 Å². The van der Waals surface area contributed by atoms with Crippen LogP contribution < -0.4 is 5.32 Å². The molecule has 0 aromatic carbocycles. The SMILES string of the molecule is CCCCCCCCCCCCCCCCCCCCCCCCC(O)C(CO)NC(=O)CCCCCCCCCCCCCCCCCCCCCCCOC(=O)CCCCCCCCCCCCCCCCC. The average molecular weight is 1060 g/mol. The Kier molecular flexibility index (Phi) is 64.4. The molecule has 0 fully saturated rings. The summed E-state index contributed by atoms with van der Waals surface area (Å²) in [5.41, 5.74) is 0. The molecule has 0 aliphatic rings. The monoisotopic (exact) mass is 1060 g/mol. The molecule has 0 radical (unpaired) electrons. The van der Waals surface area contributed by atoms with Crippen molar-refractivity contribution in [2.45, 2.75) is 418 Å². The highest BCUT2D eigenvalue weighted by Gasteiger charge is 2.20. The number of esters is 1. The van der Waals surface area contributed by atoms with Crippen LogP contribution in [-0.2, 0) is 14.3 Å². The molecule has 6 nitrogen and oxygen atoms in total. The number of ether oxygens (including phenoxy) is 1. The number of hydrogen-bond acceptors (Lipinski definition) is 5. The van der Waals surface area contributed by atoms with E-state index in [2.05, 4.69) is 19.2 Å². The predicted octanol–water partition coefficient (Wildman–Crippen LogP) is 22.2. The van der Waals surface area contributed by atoms with Gasteiger partial charge in [-0.2, -0.15) is 0 Å². The summed E-state index contributed by atoms with van der Waals surface area (Å²) in [6.07, 6.45) is 78.5. The van der Waals surface area contributed by atoms with Crippen molar-refractivity contribution in [2.24, 2.45) is 0 Å². The molecule has 3 N–H and O–H groups in total. The summed E-state index contributed by atoms with van der Waals surface area (Å²) in [4.78, 5) is 24.6. The molecule has 2 unspecified atom stereocenters. The van der Waals surface area contributed by atoms with Gasteiger partial charge in [0, 0.05) is 12.8 Å². The van der Waals surface area contributed by atoms with Gasteiger partial charge < -0.3 is 20.3 Å². The highest BCUT2D eigenvalue weighted by molar-refractivity contribution is 5.76. The standard InChI is InChI=1S/C69H137NO5/c1-3-5-7-9-11-13-15-17-19-20-21-22-24-27-30-34-37-41-45-49-53-57-61-67(72)66(65-71)70-68(73)62-58-54-50-46-42-38-35-31-28-25-23-26-29-32-36-40-44-48-52-56-60-64-75-69(74)63-59-55-51-47-43-39-33-18-16-14-12-10-8-6-4-2/h66-67,71-72H,3-65H2,1-2H3,(H,70,73). The minimum atomic E-state index is -0.665. The van der Waals surface area contributed by atoms with Crippen LogP contribution in [0.4, 0.5) is 0 Å². The second-order valence-corrected chi connectivity index (χ2v) is 24.2. The Hall–Kier alpha value is -1.14. The maximum absolute atomic E-state index is 12.5. The summed E-state index contributed by atoms with van der Waals surface area (Å²) in [6, 6.07) is -0.542. The Morgan fingerprint density at radius 2 is 0.547 bits per heavy atom. The Morgan fingerprint density at radius 3 is 0.813 bits per heavy atom. The molecule has 0 aliphatic carbocycles. The topological polar surface area (TPSA) is 95.9 Å². The first-order valence-corrected chi connectivity index (χ1v) is 34.8. The van der Waals surface area contributed by atoms with E-state index in [9.17, 15) is 19.8 Å². The summed E-state index contributed by atoms with van der Waals surface area (Å²) in [7, 11) is 0. The Bertz CT molecular complexity index is 1080. The van der Waals surface area contributed by atoms with Crippen LogP contribution in [0, 0.1) is 0 Å². The molecule has 0 saturated heterocycles. The molecular weight excluding hydrogens is 923 g/mol. The third-order valence-corrected chi connectivity index (χ3v) is 16.7. The van der Waals surface area contributed by atoms with Crippen molar-refractivity contribution in [1.29, 1.82) is 0 Å². The molecule has 75 heavy (non-hydrogen) atoms. The number of aliphatic hydroxyl groups is 2. The molecule has 6 heteroatoms. The van der Waals surface area contributed by atoms with Crippen LogP contribution in [0.5, 0.6) is 0 Å². The van der Waals surface area contributed by atoms with E-state index >= 15 is 0 Å². The van der Waals surface area contributed by atoms with Gasteiger partial charge in [0.25, 0.3) is 0 Å². The Morgan fingerprint density at radius 1 is 0.320 bits per heavy atom. The zero-order chi connectivity index (χ0) is 54.3. The van der Waals surface area contributed by atoms with Gasteiger partial charge in [-0.25, -0.2) is 0 Å². The van der Waals surface area contributed by atoms with Gasteiger partial charge in [0.15, 0.2) is 0 Å². The van der Waals surface area contributed by atoms with Crippen molar-refractivity contribution in [3.8, 4) is 0 Å². The van der Waals surface area contributed by atoms with E-state index in [1.165, 1.54) is 334 Å². The Balaban J connectivity index is 3.37. The van der Waals surface area contributed by atoms with Gasteiger partial charge in [-0.1, -0.05) is 367 Å². The summed E-state index contributed by atoms with van der Waals surface area (Å²) in [5, 5.41) is 23.4. The molecule has 1 amide bonds. The molecule has 0 bridgehead atoms. The fourth-order valence-electron chi connectivity index (χ4n) is 11.4. The van der Waals surface area contributed by atoms with E-state index < -0.39 is 12.1 Å². The van der Waals surface area contributed by atoms with Crippen molar-refractivity contribution in [2.75, 3.05) is 13.2 Å². The zero-order valence-corrected chi connectivity index (χ0v) is 51.3. The third-order valence-electron chi connectivity index (χ3n) is 16.7. The molecule has 0 aliphatic heterocycles. The third kappa shape index (κ3) is 61.9. The van der Waals surface area contributed by atoms with Crippen LogP contribution in [0.25, 0.3) is 0 Å². The van der Waals surface area contributed by atoms with Crippen LogP contribution in [0.15, 0.2) is 0 Å². The van der Waals surface area contributed by atoms with Crippen LogP contribution in [0.3, 0.4) is 0 Å². The molecule has 0 aromatic heterocycles. The molecular formula is C69H137NO5. The van der Waals surface area contributed by atoms with Gasteiger partial charge in [-0.3, -0.25) is 9.59 Å². The molecule has 0 spiro atoms. The molecule has 0 aromatic rings. The first-order valence-electron chi connectivity index (χ1n) is 34.8. The van der Waals surface area contributed by atoms with Crippen molar-refractivity contribution in [3.63, 3.8) is 0 Å². The van der Waals surface area contributed by atoms with Crippen LogP contribution >= 0.6 is 0 Å². The largest absolute Gasteiger partial charge is 0.466 e. The number of amides is 1. The van der Waals surface area contributed by atoms with Gasteiger partial charge in [0.2, 0.25) is 5.91 Å². The lowest BCUT2D eigenvalue weighted by molar-refractivity contribution is -0.143. The van der Waals surface area contributed by atoms with Gasteiger partial charge >= 0.3 is 5.97 Å². The second-order valence-electron chi connectivity index (χ2n) is 24.2. The number of rotatable bonds is 66. The van der Waals surface area contributed by atoms with E-state index in [0.29, 0.717) is 25.9 Å². The summed E-state index contributed by atoms with van der Waals surface area (Å²) < 4.78 is 5.50. The molecule has 0 rings (SSSR count). The first kappa shape index (κ1) is 73.9. The number of nitrogens with one attached hydrogen (secondary N) is 1. The summed E-state index contributed by atoms with van der Waals surface area (Å²) >= 11 is 0. The minimum Gasteiger partial charge on any atom is -0.466 e. The summed E-state index contributed by atoms with van der Waals surface area (Å²) in [6.45, 7) is 5.00. The lowest BCUT2D eigenvalue weighted by Gasteiger charge is -2.22. The fourth-order valence-corrected chi connectivity index (χ4v) is 11.4. The number of carbonyl (C=O) groups is 2. The maximum atomic E-state index is 12.5. The van der Waals surface area contributed by atoms with E-state index in [1.807, 2.05) is 0 Å². The highest BCUT2D eigenvalue weighted by Crippen LogP contribution is 2.19. The van der Waals surface area contributed by atoms with Crippen LogP contribution in [0.2, 0.25) is 0 Å². The summed E-state index contributed by atoms with van der Waals surface area (Å²) in [5.74, 6) is -0.0138. The van der Waals surface area contributed by atoms with E-state index in [0.717, 1.165) is 38.5 Å². The van der Waals surface area contributed by atoms with Crippen molar-refractivity contribution >= 4 is 11.9 Å². The number of unbranched alkanes of at least 4 members (excludes halogenated alkanes) is 55. The lowest BCUT2D eigenvalue weighted by atomic mass is 10.0. The van der Waals surface area contributed by atoms with Gasteiger partial charge in [0.1, 0.15) is 0 Å². The number of aliphatic hydroxyl groups excluding tert-OH is 2. The zero-order valence-electron chi connectivity index (χ0n) is 51.3. The average Bonchev–Trinajstić information content (AvgIpc) is 3.41. The quantitative estimate of drug-likeness (QED) is 0.0417. The predicted molar refractivity (Wildman–Crippen MR) is 329 cm³/mol. The molecule has 0 saturated carbocycles. The van der Waals surface area contributed by atoms with Crippen molar-refractivity contribution in [3.05, 3.63) is 0 Å². The van der Waals surface area contributed by atoms with Crippen LogP contribution in [0.1, 0.15) is 406 Å². The smallest absolute Gasteiger partial charge is 0.305 e. The van der Waals surface area contributed by atoms with Crippen molar-refractivity contribution < 1.29 is 24.5 Å². The molecule has 448 valence electrons. The van der Waals surface area contributed by atoms with Gasteiger partial charge in [-0.05, 0) is 25.7 Å². The van der Waals surface area contributed by atoms with E-state index in [4.69, 9.17) is 4.74 Å². The van der Waals surface area contributed by atoms with Gasteiger partial charge in [0.05, 0.1) is 25.4 Å². The van der Waals surface area contributed by atoms with E-state index in [1.54, 1.807) is 0 Å². The number of hydrogen-bond donors (Lipinski definition) is 3. The fraction of sp³-hybridized carbons (Fsp3) is 0.971.